The smallest absolute Gasteiger partial charge is 0.326 e. The van der Waals surface area contributed by atoms with Gasteiger partial charge in [0.1, 0.15) is 11.5 Å². The average molecular weight is 422 g/mol. The predicted octanol–water partition coefficient (Wildman–Crippen LogP) is -0.152. The lowest BCUT2D eigenvalue weighted by Crippen LogP contribution is -2.22. The minimum atomic E-state index is -0.755. The number of pyridine rings is 1. The van der Waals surface area contributed by atoms with Crippen LogP contribution in [0.25, 0.3) is 11.7 Å². The number of aromatic hydroxyl groups is 1. The Balaban J connectivity index is 1.64. The van der Waals surface area contributed by atoms with Crippen LogP contribution in [0.15, 0.2) is 40.5 Å². The lowest BCUT2D eigenvalue weighted by atomic mass is 10.2. The second kappa shape index (κ2) is 7.16. The van der Waals surface area contributed by atoms with E-state index >= 15 is 0 Å². The number of fused-ring (bicyclic) bond motifs is 1. The molecule has 1 aliphatic rings. The molecule has 0 saturated heterocycles. The van der Waals surface area contributed by atoms with Gasteiger partial charge in [-0.1, -0.05) is 0 Å². The van der Waals surface area contributed by atoms with Gasteiger partial charge in [-0.3, -0.25) is 19.8 Å². The van der Waals surface area contributed by atoms with Crippen molar-refractivity contribution >= 4 is 23.4 Å². The molecule has 1 saturated carbocycles. The van der Waals surface area contributed by atoms with Crippen molar-refractivity contribution in [1.82, 2.24) is 29.5 Å². The Kier molecular flexibility index (Phi) is 4.31. The molecule has 0 atom stereocenters. The molecule has 4 aromatic rings. The molecule has 0 unspecified atom stereocenters. The van der Waals surface area contributed by atoms with E-state index in [2.05, 4.69) is 35.3 Å². The molecular formula is C19H15FN8O3. The van der Waals surface area contributed by atoms with Crippen LogP contribution in [-0.4, -0.2) is 46.6 Å². The highest BCUT2D eigenvalue weighted by Gasteiger charge is 2.21. The minimum Gasteiger partial charge on any atom is -0.493 e. The van der Waals surface area contributed by atoms with Crippen LogP contribution in [0, 0.1) is 5.82 Å². The van der Waals surface area contributed by atoms with Crippen molar-refractivity contribution in [3.05, 3.63) is 69.0 Å². The third kappa shape index (κ3) is 3.66. The topological polar surface area (TPSA) is 153 Å². The van der Waals surface area contributed by atoms with Gasteiger partial charge in [0.15, 0.2) is 17.0 Å². The van der Waals surface area contributed by atoms with Gasteiger partial charge in [0, 0.05) is 17.5 Å². The monoisotopic (exact) mass is 422 g/mol. The highest BCUT2D eigenvalue weighted by Crippen LogP contribution is 2.22. The standard InChI is InChI=1S/C19H15FN8O3/c20-12-8-21-4-3-11(12)17(29)26-14-6-15(23-10-1-2-10)28-16(25-14)9(7-22-28)5-13-18(30)27-19(31)24-13/h3-8,10,30H,1-2H2,(H,26,29)(H2,24,27,31). The molecule has 0 aromatic carbocycles. The summed E-state index contributed by atoms with van der Waals surface area (Å²) in [6, 6.07) is 2.98. The molecule has 0 radical (unpaired) electrons. The van der Waals surface area contributed by atoms with Gasteiger partial charge >= 0.3 is 5.69 Å². The fourth-order valence-corrected chi connectivity index (χ4v) is 3.00. The largest absolute Gasteiger partial charge is 0.493 e. The first-order valence-electron chi connectivity index (χ1n) is 9.34. The second-order valence-corrected chi connectivity index (χ2v) is 6.99. The summed E-state index contributed by atoms with van der Waals surface area (Å²) in [5.41, 5.74) is 0.200. The number of nitrogens with one attached hydrogen (secondary N) is 3. The fraction of sp³-hybridized carbons (Fsp3) is 0.158. The van der Waals surface area contributed by atoms with E-state index in [0.717, 1.165) is 19.0 Å². The molecule has 4 N–H and O–H groups in total. The number of halogens is 1. The number of nitrogens with zero attached hydrogens (tertiary/aromatic N) is 5. The number of hydrogen-bond acceptors (Lipinski definition) is 7. The molecule has 156 valence electrons. The van der Waals surface area contributed by atoms with Crippen molar-refractivity contribution in [3.8, 4) is 5.88 Å². The zero-order valence-corrected chi connectivity index (χ0v) is 15.8. The summed E-state index contributed by atoms with van der Waals surface area (Å²) in [4.78, 5) is 41.2. The number of hydrogen-bond donors (Lipinski definition) is 4. The first kappa shape index (κ1) is 18.7. The summed E-state index contributed by atoms with van der Waals surface area (Å²) in [6.07, 6.45) is 7.15. The van der Waals surface area contributed by atoms with Crippen molar-refractivity contribution < 1.29 is 14.3 Å². The van der Waals surface area contributed by atoms with E-state index in [4.69, 9.17) is 0 Å². The molecule has 1 fully saturated rings. The van der Waals surface area contributed by atoms with Crippen molar-refractivity contribution in [2.75, 3.05) is 5.32 Å². The number of carbonyl (C=O) groups is 1. The Hall–Kier alpha value is -4.35. The van der Waals surface area contributed by atoms with Crippen LogP contribution in [0.4, 0.5) is 10.2 Å². The molecule has 4 aromatic heterocycles. The molecule has 4 heterocycles. The Morgan fingerprint density at radius 1 is 1.35 bits per heavy atom. The summed E-state index contributed by atoms with van der Waals surface area (Å²) in [6.45, 7) is 0. The number of H-pyrrole nitrogens is 2. The third-order valence-corrected chi connectivity index (χ3v) is 4.64. The van der Waals surface area contributed by atoms with Crippen LogP contribution in [0.2, 0.25) is 0 Å². The maximum absolute atomic E-state index is 13.9. The molecular weight excluding hydrogens is 407 g/mol. The van der Waals surface area contributed by atoms with Gasteiger partial charge in [0.2, 0.25) is 5.88 Å². The van der Waals surface area contributed by atoms with E-state index in [9.17, 15) is 19.1 Å². The van der Waals surface area contributed by atoms with E-state index in [1.165, 1.54) is 29.1 Å². The SMILES string of the molecule is O=C(Nc1cc(=NC2CC2)n2ncc(=Cc3[nH]c(=O)[nH]c3O)c2n1)c1ccncc1F. The highest BCUT2D eigenvalue weighted by molar-refractivity contribution is 6.03. The number of amides is 1. The molecule has 0 aliphatic heterocycles. The quantitative estimate of drug-likeness (QED) is 0.359. The molecule has 1 aliphatic carbocycles. The number of aromatic nitrogens is 6. The molecule has 31 heavy (non-hydrogen) atoms. The number of carbonyl (C=O) groups excluding carboxylic acids is 1. The van der Waals surface area contributed by atoms with Gasteiger partial charge in [0.25, 0.3) is 5.91 Å². The van der Waals surface area contributed by atoms with Gasteiger partial charge in [-0.15, -0.1) is 0 Å². The van der Waals surface area contributed by atoms with Crippen LogP contribution in [0.3, 0.4) is 0 Å². The van der Waals surface area contributed by atoms with Crippen LogP contribution in [-0.2, 0) is 0 Å². The minimum absolute atomic E-state index is 0.148. The van der Waals surface area contributed by atoms with Crippen molar-refractivity contribution in [2.24, 2.45) is 4.99 Å². The lowest BCUT2D eigenvalue weighted by Gasteiger charge is -2.06. The van der Waals surface area contributed by atoms with Crippen molar-refractivity contribution in [3.63, 3.8) is 0 Å². The Bertz CT molecular complexity index is 1500. The lowest BCUT2D eigenvalue weighted by molar-refractivity contribution is 0.102. The predicted molar refractivity (Wildman–Crippen MR) is 106 cm³/mol. The van der Waals surface area contributed by atoms with E-state index in [1.54, 1.807) is 6.07 Å². The van der Waals surface area contributed by atoms with Crippen LogP contribution < -0.4 is 21.7 Å². The Morgan fingerprint density at radius 3 is 2.90 bits per heavy atom. The summed E-state index contributed by atoms with van der Waals surface area (Å²) >= 11 is 0. The van der Waals surface area contributed by atoms with Gasteiger partial charge in [-0.2, -0.15) is 9.61 Å². The number of anilines is 1. The zero-order chi connectivity index (χ0) is 21.5. The second-order valence-electron chi connectivity index (χ2n) is 6.99. The first-order chi connectivity index (χ1) is 15.0. The Labute approximate surface area is 172 Å². The maximum Gasteiger partial charge on any atom is 0.326 e. The molecule has 1 amide bonds. The molecule has 0 bridgehead atoms. The summed E-state index contributed by atoms with van der Waals surface area (Å²) < 4.78 is 15.4. The van der Waals surface area contributed by atoms with E-state index in [-0.39, 0.29) is 29.0 Å². The number of rotatable bonds is 4. The van der Waals surface area contributed by atoms with Crippen molar-refractivity contribution in [1.29, 1.82) is 0 Å². The van der Waals surface area contributed by atoms with E-state index in [1.807, 2.05) is 0 Å². The fourth-order valence-electron chi connectivity index (χ4n) is 3.00. The third-order valence-electron chi connectivity index (χ3n) is 4.64. The number of aromatic amines is 2. The van der Waals surface area contributed by atoms with E-state index in [0.29, 0.717) is 16.4 Å². The van der Waals surface area contributed by atoms with Gasteiger partial charge < -0.3 is 15.4 Å². The van der Waals surface area contributed by atoms with Crippen LogP contribution >= 0.6 is 0 Å². The van der Waals surface area contributed by atoms with Crippen molar-refractivity contribution in [2.45, 2.75) is 18.9 Å². The normalized spacial score (nSPS) is 15.0. The summed E-state index contributed by atoms with van der Waals surface area (Å²) in [5, 5.41) is 17.2. The molecule has 5 rings (SSSR count). The van der Waals surface area contributed by atoms with Crippen LogP contribution in [0.1, 0.15) is 28.9 Å². The first-order valence-corrected chi connectivity index (χ1v) is 9.34. The average Bonchev–Trinajstić information content (AvgIpc) is 3.37. The number of imidazole rings is 1. The van der Waals surface area contributed by atoms with Crippen LogP contribution in [0.5, 0.6) is 5.88 Å². The molecule has 0 spiro atoms. The summed E-state index contributed by atoms with van der Waals surface area (Å²) in [5.74, 6) is -1.62. The Morgan fingerprint density at radius 2 is 2.19 bits per heavy atom. The van der Waals surface area contributed by atoms with E-state index < -0.39 is 17.4 Å². The van der Waals surface area contributed by atoms with Gasteiger partial charge in [-0.25, -0.2) is 14.2 Å². The molecule has 12 heteroatoms. The summed E-state index contributed by atoms with van der Waals surface area (Å²) in [7, 11) is 0. The molecule has 11 nitrogen and oxygen atoms in total. The van der Waals surface area contributed by atoms with Gasteiger partial charge in [0.05, 0.1) is 24.0 Å². The maximum atomic E-state index is 13.9. The zero-order valence-electron chi connectivity index (χ0n) is 15.8. The highest BCUT2D eigenvalue weighted by atomic mass is 19.1. The van der Waals surface area contributed by atoms with Gasteiger partial charge in [-0.05, 0) is 25.0 Å².